The van der Waals surface area contributed by atoms with Crippen molar-refractivity contribution >= 4 is 27.7 Å². The SMILES string of the molecule is CCCC[C@]1(CC)CSc2ccc(Br)cc2[C@@H](c2cccc(OC)c2)[C@H]1O. The van der Waals surface area contributed by atoms with Crippen molar-refractivity contribution in [2.75, 3.05) is 12.9 Å². The van der Waals surface area contributed by atoms with E-state index in [2.05, 4.69) is 60.1 Å². The number of unbranched alkanes of at least 4 members (excludes halogenated alkanes) is 1. The van der Waals surface area contributed by atoms with Crippen LogP contribution in [0, 0.1) is 5.41 Å². The van der Waals surface area contributed by atoms with Gasteiger partial charge in [-0.15, -0.1) is 11.8 Å². The molecule has 3 atom stereocenters. The van der Waals surface area contributed by atoms with Crippen LogP contribution >= 0.6 is 27.7 Å². The summed E-state index contributed by atoms with van der Waals surface area (Å²) in [6.07, 6.45) is 3.92. The van der Waals surface area contributed by atoms with E-state index in [0.29, 0.717) is 0 Å². The smallest absolute Gasteiger partial charge is 0.119 e. The highest BCUT2D eigenvalue weighted by molar-refractivity contribution is 9.10. The van der Waals surface area contributed by atoms with Crippen LogP contribution in [-0.2, 0) is 0 Å². The number of ether oxygens (including phenoxy) is 1. The Morgan fingerprint density at radius 3 is 2.74 bits per heavy atom. The summed E-state index contributed by atoms with van der Waals surface area (Å²) in [5, 5.41) is 11.8. The van der Waals surface area contributed by atoms with Crippen LogP contribution < -0.4 is 4.74 Å². The van der Waals surface area contributed by atoms with E-state index in [4.69, 9.17) is 4.74 Å². The number of aliphatic hydroxyl groups excluding tert-OH is 1. The summed E-state index contributed by atoms with van der Waals surface area (Å²) in [5.41, 5.74) is 2.25. The van der Waals surface area contributed by atoms with Crippen LogP contribution in [0.5, 0.6) is 5.75 Å². The Balaban J connectivity index is 2.15. The largest absolute Gasteiger partial charge is 0.497 e. The molecule has 0 saturated heterocycles. The average Bonchev–Trinajstić information content (AvgIpc) is 2.81. The monoisotopic (exact) mass is 448 g/mol. The van der Waals surface area contributed by atoms with Gasteiger partial charge in [-0.25, -0.2) is 0 Å². The van der Waals surface area contributed by atoms with Gasteiger partial charge in [-0.3, -0.25) is 0 Å². The molecule has 1 aliphatic heterocycles. The topological polar surface area (TPSA) is 29.5 Å². The Kier molecular flexibility index (Phi) is 6.93. The van der Waals surface area contributed by atoms with Crippen molar-refractivity contribution in [1.82, 2.24) is 0 Å². The maximum atomic E-state index is 11.8. The van der Waals surface area contributed by atoms with Crippen molar-refractivity contribution in [2.45, 2.75) is 56.4 Å². The molecule has 146 valence electrons. The summed E-state index contributed by atoms with van der Waals surface area (Å²) < 4.78 is 6.53. The molecule has 0 unspecified atom stereocenters. The standard InChI is InChI=1S/C23H29BrO2S/c1-4-6-12-23(5-2)15-27-20-11-10-17(24)14-19(20)21(22(23)25)16-8-7-9-18(13-16)26-3/h7-11,13-14,21-22,25H,4-6,12,15H2,1-3H3/t21-,22-,23-/m1/s1. The number of halogens is 1. The highest BCUT2D eigenvalue weighted by Crippen LogP contribution is 2.51. The second-order valence-electron chi connectivity index (χ2n) is 7.49. The summed E-state index contributed by atoms with van der Waals surface area (Å²) >= 11 is 5.54. The fraction of sp³-hybridized carbons (Fsp3) is 0.478. The molecule has 1 N–H and O–H groups in total. The van der Waals surface area contributed by atoms with Crippen molar-refractivity contribution < 1.29 is 9.84 Å². The maximum absolute atomic E-state index is 11.8. The number of rotatable bonds is 6. The highest BCUT2D eigenvalue weighted by atomic mass is 79.9. The van der Waals surface area contributed by atoms with E-state index in [1.165, 1.54) is 10.5 Å². The second kappa shape index (κ2) is 9.02. The molecule has 2 aromatic carbocycles. The van der Waals surface area contributed by atoms with Crippen LogP contribution in [0.1, 0.15) is 56.6 Å². The zero-order chi connectivity index (χ0) is 19.4. The first kappa shape index (κ1) is 20.8. The molecule has 4 heteroatoms. The zero-order valence-corrected chi connectivity index (χ0v) is 18.8. The minimum absolute atomic E-state index is 0.0561. The number of hydrogen-bond acceptors (Lipinski definition) is 3. The molecule has 1 heterocycles. The van der Waals surface area contributed by atoms with E-state index >= 15 is 0 Å². The van der Waals surface area contributed by atoms with E-state index in [1.807, 2.05) is 23.9 Å². The van der Waals surface area contributed by atoms with Crippen LogP contribution in [0.3, 0.4) is 0 Å². The molecule has 2 aromatic rings. The van der Waals surface area contributed by atoms with E-state index in [0.717, 1.165) is 47.2 Å². The van der Waals surface area contributed by atoms with Gasteiger partial charge in [-0.05, 0) is 54.3 Å². The van der Waals surface area contributed by atoms with E-state index in [1.54, 1.807) is 7.11 Å². The molecule has 0 spiro atoms. The molecule has 0 amide bonds. The predicted octanol–water partition coefficient (Wildman–Crippen LogP) is 6.64. The lowest BCUT2D eigenvalue weighted by Gasteiger charge is -2.40. The lowest BCUT2D eigenvalue weighted by atomic mass is 9.69. The molecule has 0 fully saturated rings. The molecule has 0 radical (unpaired) electrons. The molecular weight excluding hydrogens is 420 g/mol. The van der Waals surface area contributed by atoms with Crippen molar-refractivity contribution in [3.8, 4) is 5.75 Å². The maximum Gasteiger partial charge on any atom is 0.119 e. The Hall–Kier alpha value is -0.970. The number of benzene rings is 2. The van der Waals surface area contributed by atoms with Gasteiger partial charge < -0.3 is 9.84 Å². The van der Waals surface area contributed by atoms with Gasteiger partial charge in [0.1, 0.15) is 5.75 Å². The number of hydrogen-bond donors (Lipinski definition) is 1. The van der Waals surface area contributed by atoms with Crippen molar-refractivity contribution in [3.63, 3.8) is 0 Å². The first-order valence-corrected chi connectivity index (χ1v) is 11.6. The third-order valence-electron chi connectivity index (χ3n) is 5.95. The lowest BCUT2D eigenvalue weighted by Crippen LogP contribution is -2.40. The Labute approximate surface area is 175 Å². The molecular formula is C23H29BrO2S. The average molecular weight is 449 g/mol. The van der Waals surface area contributed by atoms with Crippen LogP contribution in [0.2, 0.25) is 0 Å². The van der Waals surface area contributed by atoms with Gasteiger partial charge in [0.2, 0.25) is 0 Å². The van der Waals surface area contributed by atoms with Gasteiger partial charge >= 0.3 is 0 Å². The highest BCUT2D eigenvalue weighted by Gasteiger charge is 2.44. The second-order valence-corrected chi connectivity index (χ2v) is 9.42. The van der Waals surface area contributed by atoms with Gasteiger partial charge in [-0.2, -0.15) is 0 Å². The number of aliphatic hydroxyl groups is 1. The summed E-state index contributed by atoms with van der Waals surface area (Å²) in [6.45, 7) is 4.46. The van der Waals surface area contributed by atoms with Gasteiger partial charge in [-0.1, -0.05) is 54.8 Å². The Morgan fingerprint density at radius 1 is 1.22 bits per heavy atom. The van der Waals surface area contributed by atoms with Crippen molar-refractivity contribution in [2.24, 2.45) is 5.41 Å². The third-order valence-corrected chi connectivity index (χ3v) is 7.85. The number of fused-ring (bicyclic) bond motifs is 1. The summed E-state index contributed by atoms with van der Waals surface area (Å²) in [4.78, 5) is 1.27. The first-order valence-electron chi connectivity index (χ1n) is 9.79. The minimum atomic E-state index is -0.427. The normalized spacial score (nSPS) is 24.9. The molecule has 0 aromatic heterocycles. The summed E-state index contributed by atoms with van der Waals surface area (Å²) in [6, 6.07) is 14.7. The van der Waals surface area contributed by atoms with Crippen LogP contribution in [-0.4, -0.2) is 24.1 Å². The molecule has 3 rings (SSSR count). The lowest BCUT2D eigenvalue weighted by molar-refractivity contribution is 0.0182. The van der Waals surface area contributed by atoms with E-state index in [9.17, 15) is 5.11 Å². The fourth-order valence-electron chi connectivity index (χ4n) is 4.16. The van der Waals surface area contributed by atoms with Gasteiger partial charge in [0, 0.05) is 26.5 Å². The van der Waals surface area contributed by atoms with Crippen LogP contribution in [0.4, 0.5) is 0 Å². The molecule has 27 heavy (non-hydrogen) atoms. The summed E-state index contributed by atoms with van der Waals surface area (Å²) in [7, 11) is 1.70. The fourth-order valence-corrected chi connectivity index (χ4v) is 6.02. The van der Waals surface area contributed by atoms with Crippen molar-refractivity contribution in [3.05, 3.63) is 58.1 Å². The van der Waals surface area contributed by atoms with E-state index in [-0.39, 0.29) is 11.3 Å². The molecule has 0 saturated carbocycles. The number of thioether (sulfide) groups is 1. The van der Waals surface area contributed by atoms with Gasteiger partial charge in [0.15, 0.2) is 0 Å². The Bertz CT molecular complexity index is 779. The Morgan fingerprint density at radius 2 is 2.04 bits per heavy atom. The van der Waals surface area contributed by atoms with Crippen molar-refractivity contribution in [1.29, 1.82) is 0 Å². The third kappa shape index (κ3) is 4.23. The quantitative estimate of drug-likeness (QED) is 0.536. The first-order chi connectivity index (χ1) is 13.0. The summed E-state index contributed by atoms with van der Waals surface area (Å²) in [5.74, 6) is 1.74. The van der Waals surface area contributed by atoms with E-state index < -0.39 is 6.10 Å². The molecule has 0 bridgehead atoms. The van der Waals surface area contributed by atoms with Crippen LogP contribution in [0.15, 0.2) is 51.8 Å². The molecule has 1 aliphatic rings. The zero-order valence-electron chi connectivity index (χ0n) is 16.4. The van der Waals surface area contributed by atoms with Gasteiger partial charge in [0.25, 0.3) is 0 Å². The number of methoxy groups -OCH3 is 1. The molecule has 0 aliphatic carbocycles. The minimum Gasteiger partial charge on any atom is -0.497 e. The molecule has 2 nitrogen and oxygen atoms in total. The van der Waals surface area contributed by atoms with Gasteiger partial charge in [0.05, 0.1) is 13.2 Å². The van der Waals surface area contributed by atoms with Crippen LogP contribution in [0.25, 0.3) is 0 Å². The predicted molar refractivity (Wildman–Crippen MR) is 118 cm³/mol.